The lowest BCUT2D eigenvalue weighted by Crippen LogP contribution is -2.61. The molecule has 716 valence electrons. The number of H-pyrrole nitrogens is 2. The zero-order valence-electron chi connectivity index (χ0n) is 75.4. The van der Waals surface area contributed by atoms with E-state index in [1.807, 2.05) is 45.9 Å². The molecule has 3 aromatic carbocycles. The number of aliphatic hydroxyl groups is 2. The molecule has 0 saturated carbocycles. The van der Waals surface area contributed by atoms with E-state index in [4.69, 9.17) is 22.6 Å². The van der Waals surface area contributed by atoms with Crippen LogP contribution in [0.5, 0.6) is 5.75 Å². The number of carbonyl (C=O) groups is 17. The second-order valence-electron chi connectivity index (χ2n) is 33.5. The molecule has 0 radical (unpaired) electrons. The number of aromatic amines is 2. The highest BCUT2D eigenvalue weighted by atomic mass is 32.2. The molecule has 131 heavy (non-hydrogen) atoms. The average molecular weight is 1850 g/mol. The topological polar surface area (TPSA) is 633 Å². The van der Waals surface area contributed by atoms with Crippen LogP contribution in [0.1, 0.15) is 142 Å². The van der Waals surface area contributed by atoms with E-state index in [9.17, 15) is 82.4 Å². The number of phenols is 1. The maximum atomic E-state index is 15.4. The number of guanidine groups is 1. The number of rotatable bonds is 53. The van der Waals surface area contributed by atoms with Crippen molar-refractivity contribution in [3.05, 3.63) is 102 Å². The molecular formula is C88H128N22O20S. The van der Waals surface area contributed by atoms with Crippen molar-refractivity contribution < 1.29 is 96.8 Å². The fraction of sp³-hybridized carbons (Fsp3) is 0.545. The number of benzene rings is 3. The molecule has 0 unspecified atom stereocenters. The van der Waals surface area contributed by atoms with Gasteiger partial charge in [0, 0.05) is 107 Å². The summed E-state index contributed by atoms with van der Waals surface area (Å²) in [6, 6.07) is 1.76. The summed E-state index contributed by atoms with van der Waals surface area (Å²) in [5, 5.41) is 68.8. The molecular weight excluding hydrogens is 1720 g/mol. The Morgan fingerprint density at radius 1 is 0.565 bits per heavy atom. The first-order valence-corrected chi connectivity index (χ1v) is 45.1. The van der Waals surface area contributed by atoms with Gasteiger partial charge >= 0.3 is 0 Å². The van der Waals surface area contributed by atoms with Crippen molar-refractivity contribution in [2.75, 3.05) is 72.0 Å². The Bertz CT molecular complexity index is 4840. The second kappa shape index (κ2) is 51.5. The third kappa shape index (κ3) is 31.2. The molecule has 17 amide bonds. The predicted molar refractivity (Wildman–Crippen MR) is 485 cm³/mol. The first-order valence-electron chi connectivity index (χ1n) is 44.0. The van der Waals surface area contributed by atoms with Gasteiger partial charge in [-0.15, -0.1) is 11.8 Å². The first kappa shape index (κ1) is 105. The van der Waals surface area contributed by atoms with Crippen LogP contribution in [-0.4, -0.2) is 313 Å². The van der Waals surface area contributed by atoms with Crippen LogP contribution in [-0.2, 0) is 101 Å². The summed E-state index contributed by atoms with van der Waals surface area (Å²) >= 11 is 0.762. The molecule has 2 saturated heterocycles. The van der Waals surface area contributed by atoms with Crippen molar-refractivity contribution in [3.8, 4) is 5.75 Å². The molecule has 0 aliphatic carbocycles. The molecule has 2 fully saturated rings. The van der Waals surface area contributed by atoms with Crippen LogP contribution in [0, 0.1) is 11.3 Å². The zero-order chi connectivity index (χ0) is 96.5. The fourth-order valence-corrected chi connectivity index (χ4v) is 16.4. The maximum Gasteiger partial charge on any atom is 0.246 e. The summed E-state index contributed by atoms with van der Waals surface area (Å²) in [5.74, 6) is -15.2. The number of unbranched alkanes of at least 4 members (excludes halogenated alkanes) is 2. The normalized spacial score (nSPS) is 16.3. The SMILES string of the molecule is CCCC[C@@H](C(=O)N(C)[C@@H](CCCC)C(=O)N[C@@H](CCCNC(=N)N)C(=O)N[C@@H](CSCC(=O)N[C@@H](Cc1ccc(O)cc1)C(=O)N(C)[C@@H](C)C(=O)N[C@@H](CC(N)=O)C(=O)N1CCC[C@H]1C(=O)N[C@@H](C)C(=O)N[C@@H](CC(C)C)C(=O)N1CC[C@H](O)C1)C(=O)NCC(N)=O)N(C)C(=O)[C@H](Cc1c[nH]c2ccccc12)NC(=O)[C@H](CO)NC(=O)[C@H](Cc1c[nH]c2ccccc12)NC=O. The number of para-hydroxylation sites is 2. The number of aromatic nitrogens is 2. The van der Waals surface area contributed by atoms with E-state index in [0.29, 0.717) is 79.1 Å². The molecule has 0 spiro atoms. The van der Waals surface area contributed by atoms with Crippen molar-refractivity contribution >= 4 is 140 Å². The molecule has 0 bridgehead atoms. The summed E-state index contributed by atoms with van der Waals surface area (Å²) in [7, 11) is 3.94. The number of nitrogens with two attached hydrogens (primary N) is 3. The van der Waals surface area contributed by atoms with Gasteiger partial charge in [-0.2, -0.15) is 0 Å². The Morgan fingerprint density at radius 2 is 1.11 bits per heavy atom. The minimum atomic E-state index is -1.69. The van der Waals surface area contributed by atoms with Gasteiger partial charge in [0.25, 0.3) is 0 Å². The predicted octanol–water partition coefficient (Wildman–Crippen LogP) is -2.63. The van der Waals surface area contributed by atoms with E-state index < -0.39 is 210 Å². The monoisotopic (exact) mass is 1840 g/mol. The molecule has 23 N–H and O–H groups in total. The van der Waals surface area contributed by atoms with E-state index in [-0.39, 0.29) is 95.0 Å². The van der Waals surface area contributed by atoms with Crippen LogP contribution >= 0.6 is 11.8 Å². The molecule has 2 aliphatic heterocycles. The Kier molecular flexibility index (Phi) is 41.3. The van der Waals surface area contributed by atoms with Gasteiger partial charge in [-0.05, 0) is 112 Å². The van der Waals surface area contributed by atoms with E-state index >= 15 is 14.4 Å². The Balaban J connectivity index is 1.06. The number of fused-ring (bicyclic) bond motifs is 2. The molecule has 7 rings (SSSR count). The first-order chi connectivity index (χ1) is 62.3. The number of hydrogen-bond donors (Lipinski definition) is 20. The number of likely N-dealkylation sites (tertiary alicyclic amines) is 2. The smallest absolute Gasteiger partial charge is 0.246 e. The Morgan fingerprint density at radius 3 is 1.69 bits per heavy atom. The number of carbonyl (C=O) groups excluding carboxylic acids is 17. The Labute approximate surface area is 763 Å². The summed E-state index contributed by atoms with van der Waals surface area (Å²) < 4.78 is 0. The summed E-state index contributed by atoms with van der Waals surface area (Å²) in [5.41, 5.74) is 19.8. The van der Waals surface area contributed by atoms with Crippen LogP contribution in [0.2, 0.25) is 0 Å². The number of aliphatic hydroxyl groups excluding tert-OH is 2. The number of thioether (sulfide) groups is 1. The van der Waals surface area contributed by atoms with Gasteiger partial charge in [0.2, 0.25) is 101 Å². The zero-order valence-corrected chi connectivity index (χ0v) is 76.3. The highest BCUT2D eigenvalue weighted by Crippen LogP contribution is 2.26. The maximum absolute atomic E-state index is 15.4. The molecule has 4 heterocycles. The summed E-state index contributed by atoms with van der Waals surface area (Å²) in [6.45, 7) is 8.81. The van der Waals surface area contributed by atoms with Crippen molar-refractivity contribution in [3.63, 3.8) is 0 Å². The number of primary amides is 2. The van der Waals surface area contributed by atoms with Gasteiger partial charge in [-0.25, -0.2) is 0 Å². The van der Waals surface area contributed by atoms with E-state index in [1.165, 1.54) is 64.2 Å². The third-order valence-electron chi connectivity index (χ3n) is 23.0. The van der Waals surface area contributed by atoms with Crippen molar-refractivity contribution in [1.82, 2.24) is 93.0 Å². The molecule has 2 aliphatic rings. The number of amides is 17. The van der Waals surface area contributed by atoms with E-state index in [2.05, 4.69) is 68.5 Å². The molecule has 5 aromatic rings. The lowest BCUT2D eigenvalue weighted by atomic mass is 10.00. The standard InChI is InChI=1S/C88H128N22O20S/c1-10-12-25-69(107(8)87(130)71(26-13-11-2)108(9)84(127)65(39-54-42-95-60-23-17-15-21-58(54)60)103-80(123)67(45-111)104-79(122)62(97-48-112)38-53-41-94-59-22-16-14-20-57(53)59)81(124)100-61(24-18-33-93-88(91)92)78(121)105-68(77(120)96-43-73(90)116)46-131-47-74(117)99-64(37-52-28-30-55(113)31-29-52)83(126)106(7)51(6)76(119)102-66(40-72(89)115)86(129)110-34-19-27-70(110)82(125)98-50(5)75(118)101-63(36-49(3)4)85(128)109-35-32-56(114)44-109/h14-17,20-23,28-31,41-42,48-51,56,61-71,94-95,111,113-114H,10-13,18-19,24-27,32-40,43-47H2,1-9H3,(H2,89,115)(H2,90,116)(H,96,120)(H,97,112)(H,98,125)(H,99,117)(H,100,124)(H,101,118)(H,102,119)(H,103,123)(H,104,122)(H,105,121)(H4,91,92,93)/t50-,51-,56-,61-,62-,63-,64-,65-,66-,67-,68-,69-,70-,71-/m0/s1. The number of hydrogen-bond acceptors (Lipinski definition) is 22. The number of nitrogens with one attached hydrogen (secondary N) is 14. The summed E-state index contributed by atoms with van der Waals surface area (Å²) in [6.07, 6.45) is 4.39. The highest BCUT2D eigenvalue weighted by molar-refractivity contribution is 8.00. The van der Waals surface area contributed by atoms with Crippen molar-refractivity contribution in [2.45, 2.75) is 229 Å². The molecule has 42 nitrogen and oxygen atoms in total. The van der Waals surface area contributed by atoms with E-state index in [1.54, 1.807) is 42.7 Å². The van der Waals surface area contributed by atoms with Gasteiger partial charge in [0.05, 0.1) is 31.4 Å². The van der Waals surface area contributed by atoms with Gasteiger partial charge in [0.15, 0.2) is 5.96 Å². The van der Waals surface area contributed by atoms with Crippen LogP contribution in [0.4, 0.5) is 0 Å². The van der Waals surface area contributed by atoms with Crippen LogP contribution < -0.4 is 75.7 Å². The van der Waals surface area contributed by atoms with Crippen LogP contribution in [0.15, 0.2) is 85.2 Å². The largest absolute Gasteiger partial charge is 0.508 e. The second-order valence-corrected chi connectivity index (χ2v) is 34.5. The van der Waals surface area contributed by atoms with Gasteiger partial charge in [-0.1, -0.05) is 102 Å². The quantitative estimate of drug-likeness (QED) is 0.00820. The third-order valence-corrected chi connectivity index (χ3v) is 24.1. The minimum Gasteiger partial charge on any atom is -0.508 e. The number of phenolic OH excluding ortho intramolecular Hbond substituents is 1. The minimum absolute atomic E-state index is 0.00196. The number of β-amino-alcohol motifs (C(OH)–C–C–N with tert-alkyl or cyclic N) is 1. The number of aromatic hydroxyl groups is 1. The molecule has 2 aromatic heterocycles. The lowest BCUT2D eigenvalue weighted by molar-refractivity contribution is -0.149. The van der Waals surface area contributed by atoms with Gasteiger partial charge in [-0.3, -0.25) is 86.9 Å². The molecule has 14 atom stereocenters. The van der Waals surface area contributed by atoms with Crippen LogP contribution in [0.25, 0.3) is 21.8 Å². The summed E-state index contributed by atoms with van der Waals surface area (Å²) in [4.78, 5) is 251. The van der Waals surface area contributed by atoms with E-state index in [0.717, 1.165) is 42.3 Å². The Hall–Kier alpha value is -12.9. The van der Waals surface area contributed by atoms with Crippen LogP contribution in [0.3, 0.4) is 0 Å². The average Bonchev–Trinajstić information content (AvgIpc) is 1.82. The number of likely N-dealkylation sites (N-methyl/N-ethyl adjacent to an activating group) is 3. The lowest BCUT2D eigenvalue weighted by Gasteiger charge is -2.36. The highest BCUT2D eigenvalue weighted by Gasteiger charge is 2.44. The molecule has 43 heteroatoms. The number of nitrogens with zero attached hydrogens (tertiary/aromatic N) is 5. The fourth-order valence-electron chi connectivity index (χ4n) is 15.6. The van der Waals surface area contributed by atoms with Crippen molar-refractivity contribution in [2.24, 2.45) is 23.1 Å². The van der Waals surface area contributed by atoms with Crippen molar-refractivity contribution in [1.29, 1.82) is 5.41 Å². The van der Waals surface area contributed by atoms with Gasteiger partial charge < -0.3 is 125 Å². The van der Waals surface area contributed by atoms with Gasteiger partial charge in [0.1, 0.15) is 84.3 Å².